The highest BCUT2D eigenvalue weighted by Crippen LogP contribution is 2.16. The molecule has 1 aromatic carbocycles. The molecule has 0 bridgehead atoms. The molecule has 24 heavy (non-hydrogen) atoms. The summed E-state index contributed by atoms with van der Waals surface area (Å²) >= 11 is 0. The zero-order valence-corrected chi connectivity index (χ0v) is 14.7. The maximum atomic E-state index is 5.36. The SMILES string of the molecule is CN=C(NCc1ccnc(N(C)C)c1)NCc1ccccc1OC. The van der Waals surface area contributed by atoms with E-state index in [0.29, 0.717) is 13.1 Å². The first-order valence-electron chi connectivity index (χ1n) is 7.82. The normalized spacial score (nSPS) is 11.1. The van der Waals surface area contributed by atoms with Crippen molar-refractivity contribution in [2.75, 3.05) is 33.2 Å². The zero-order valence-electron chi connectivity index (χ0n) is 14.7. The standard InChI is InChI=1S/C18H25N5O/c1-19-18(22-13-15-7-5-6-8-16(15)24-4)21-12-14-9-10-20-17(11-14)23(2)3/h5-11H,12-13H2,1-4H3,(H2,19,21,22). The van der Waals surface area contributed by atoms with Gasteiger partial charge < -0.3 is 20.3 Å². The molecule has 2 N–H and O–H groups in total. The number of benzene rings is 1. The number of nitrogens with zero attached hydrogens (tertiary/aromatic N) is 3. The maximum absolute atomic E-state index is 5.36. The lowest BCUT2D eigenvalue weighted by atomic mass is 10.2. The van der Waals surface area contributed by atoms with Crippen molar-refractivity contribution in [3.05, 3.63) is 53.7 Å². The molecule has 0 saturated heterocycles. The number of methoxy groups -OCH3 is 1. The van der Waals surface area contributed by atoms with Gasteiger partial charge in [0.2, 0.25) is 0 Å². The smallest absolute Gasteiger partial charge is 0.191 e. The number of pyridine rings is 1. The number of nitrogens with one attached hydrogen (secondary N) is 2. The van der Waals surface area contributed by atoms with E-state index >= 15 is 0 Å². The van der Waals surface area contributed by atoms with Gasteiger partial charge in [-0.25, -0.2) is 4.98 Å². The van der Waals surface area contributed by atoms with Crippen LogP contribution in [0.15, 0.2) is 47.6 Å². The summed E-state index contributed by atoms with van der Waals surface area (Å²) in [6.07, 6.45) is 1.82. The van der Waals surface area contributed by atoms with Crippen molar-refractivity contribution in [3.63, 3.8) is 0 Å². The maximum Gasteiger partial charge on any atom is 0.191 e. The third-order valence-corrected chi connectivity index (χ3v) is 3.59. The van der Waals surface area contributed by atoms with Crippen LogP contribution in [0.25, 0.3) is 0 Å². The fraction of sp³-hybridized carbons (Fsp3) is 0.333. The number of rotatable bonds is 6. The van der Waals surface area contributed by atoms with E-state index in [0.717, 1.165) is 28.7 Å². The summed E-state index contributed by atoms with van der Waals surface area (Å²) in [4.78, 5) is 10.6. The van der Waals surface area contributed by atoms with Crippen molar-refractivity contribution in [1.82, 2.24) is 15.6 Å². The Morgan fingerprint density at radius 2 is 1.92 bits per heavy atom. The van der Waals surface area contributed by atoms with Gasteiger partial charge >= 0.3 is 0 Å². The van der Waals surface area contributed by atoms with Crippen LogP contribution < -0.4 is 20.3 Å². The van der Waals surface area contributed by atoms with Crippen LogP contribution in [0.4, 0.5) is 5.82 Å². The Morgan fingerprint density at radius 1 is 1.17 bits per heavy atom. The second kappa shape index (κ2) is 8.76. The van der Waals surface area contributed by atoms with Gasteiger partial charge in [-0.15, -0.1) is 0 Å². The van der Waals surface area contributed by atoms with Crippen molar-refractivity contribution in [2.24, 2.45) is 4.99 Å². The molecule has 6 heteroatoms. The summed E-state index contributed by atoms with van der Waals surface area (Å²) in [5.74, 6) is 2.54. The molecule has 0 radical (unpaired) electrons. The third-order valence-electron chi connectivity index (χ3n) is 3.59. The predicted octanol–water partition coefficient (Wildman–Crippen LogP) is 2.02. The van der Waals surface area contributed by atoms with Crippen LogP contribution in [0.5, 0.6) is 5.75 Å². The van der Waals surface area contributed by atoms with Gasteiger partial charge in [-0.3, -0.25) is 4.99 Å². The van der Waals surface area contributed by atoms with Crippen LogP contribution in [-0.4, -0.2) is 39.2 Å². The Kier molecular flexibility index (Phi) is 6.42. The monoisotopic (exact) mass is 327 g/mol. The first kappa shape index (κ1) is 17.6. The second-order valence-electron chi connectivity index (χ2n) is 5.51. The van der Waals surface area contributed by atoms with E-state index in [1.807, 2.05) is 55.5 Å². The lowest BCUT2D eigenvalue weighted by Crippen LogP contribution is -2.36. The number of guanidine groups is 1. The van der Waals surface area contributed by atoms with Crippen LogP contribution in [0, 0.1) is 0 Å². The minimum Gasteiger partial charge on any atom is -0.496 e. The van der Waals surface area contributed by atoms with Crippen LogP contribution in [0.2, 0.25) is 0 Å². The summed E-state index contributed by atoms with van der Waals surface area (Å²) in [5.41, 5.74) is 2.23. The summed E-state index contributed by atoms with van der Waals surface area (Å²) in [6, 6.07) is 12.0. The Hall–Kier alpha value is -2.76. The first-order chi connectivity index (χ1) is 11.6. The molecule has 2 rings (SSSR count). The first-order valence-corrected chi connectivity index (χ1v) is 7.82. The fourth-order valence-electron chi connectivity index (χ4n) is 2.25. The predicted molar refractivity (Wildman–Crippen MR) is 98.6 cm³/mol. The highest BCUT2D eigenvalue weighted by molar-refractivity contribution is 5.79. The molecular weight excluding hydrogens is 302 g/mol. The number of aromatic nitrogens is 1. The van der Waals surface area contributed by atoms with Crippen molar-refractivity contribution in [1.29, 1.82) is 0 Å². The molecule has 0 aliphatic heterocycles. The van der Waals surface area contributed by atoms with E-state index in [4.69, 9.17) is 4.74 Å². The number of para-hydroxylation sites is 1. The Bertz CT molecular complexity index is 685. The van der Waals surface area contributed by atoms with Crippen LogP contribution in [-0.2, 0) is 13.1 Å². The number of aliphatic imine (C=N–C) groups is 1. The van der Waals surface area contributed by atoms with E-state index < -0.39 is 0 Å². The Morgan fingerprint density at radius 3 is 2.62 bits per heavy atom. The van der Waals surface area contributed by atoms with Crippen molar-refractivity contribution >= 4 is 11.8 Å². The molecule has 1 heterocycles. The lowest BCUT2D eigenvalue weighted by molar-refractivity contribution is 0.409. The molecule has 0 unspecified atom stereocenters. The van der Waals surface area contributed by atoms with Gasteiger partial charge in [0.05, 0.1) is 7.11 Å². The minimum absolute atomic E-state index is 0.642. The average molecular weight is 327 g/mol. The summed E-state index contributed by atoms with van der Waals surface area (Å²) in [5, 5.41) is 6.61. The van der Waals surface area contributed by atoms with E-state index in [2.05, 4.69) is 26.7 Å². The van der Waals surface area contributed by atoms with Crippen LogP contribution in [0.1, 0.15) is 11.1 Å². The molecule has 0 amide bonds. The summed E-state index contributed by atoms with van der Waals surface area (Å²) in [7, 11) is 7.40. The number of hydrogen-bond donors (Lipinski definition) is 2. The molecule has 0 atom stereocenters. The van der Waals surface area contributed by atoms with Gasteiger partial charge in [0, 0.05) is 46.0 Å². The zero-order chi connectivity index (χ0) is 17.4. The summed E-state index contributed by atoms with van der Waals surface area (Å²) < 4.78 is 5.36. The number of ether oxygens (including phenoxy) is 1. The van der Waals surface area contributed by atoms with Crippen molar-refractivity contribution < 1.29 is 4.74 Å². The van der Waals surface area contributed by atoms with Crippen LogP contribution in [0.3, 0.4) is 0 Å². The van der Waals surface area contributed by atoms with Gasteiger partial charge in [0.15, 0.2) is 5.96 Å². The molecule has 2 aromatic rings. The van der Waals surface area contributed by atoms with Gasteiger partial charge in [0.25, 0.3) is 0 Å². The number of hydrogen-bond acceptors (Lipinski definition) is 4. The largest absolute Gasteiger partial charge is 0.496 e. The third kappa shape index (κ3) is 4.87. The minimum atomic E-state index is 0.642. The molecule has 6 nitrogen and oxygen atoms in total. The molecule has 128 valence electrons. The molecule has 1 aromatic heterocycles. The molecule has 0 fully saturated rings. The quantitative estimate of drug-likeness (QED) is 0.628. The van der Waals surface area contributed by atoms with Gasteiger partial charge in [0.1, 0.15) is 11.6 Å². The van der Waals surface area contributed by atoms with E-state index in [-0.39, 0.29) is 0 Å². The Labute approximate surface area is 143 Å². The van der Waals surface area contributed by atoms with Crippen molar-refractivity contribution in [3.8, 4) is 5.75 Å². The van der Waals surface area contributed by atoms with Crippen molar-refractivity contribution in [2.45, 2.75) is 13.1 Å². The fourth-order valence-corrected chi connectivity index (χ4v) is 2.25. The number of anilines is 1. The molecular formula is C18H25N5O. The second-order valence-corrected chi connectivity index (χ2v) is 5.51. The average Bonchev–Trinajstić information content (AvgIpc) is 2.62. The highest BCUT2D eigenvalue weighted by atomic mass is 16.5. The Balaban J connectivity index is 1.92. The van der Waals surface area contributed by atoms with E-state index in [9.17, 15) is 0 Å². The highest BCUT2D eigenvalue weighted by Gasteiger charge is 2.04. The van der Waals surface area contributed by atoms with Crippen LogP contribution >= 0.6 is 0 Å². The molecule has 0 aliphatic rings. The van der Waals surface area contributed by atoms with Gasteiger partial charge in [-0.1, -0.05) is 18.2 Å². The lowest BCUT2D eigenvalue weighted by Gasteiger charge is -2.15. The van der Waals surface area contributed by atoms with Gasteiger partial charge in [-0.05, 0) is 23.8 Å². The molecule has 0 saturated carbocycles. The molecule has 0 aliphatic carbocycles. The van der Waals surface area contributed by atoms with E-state index in [1.54, 1.807) is 14.2 Å². The van der Waals surface area contributed by atoms with Gasteiger partial charge in [-0.2, -0.15) is 0 Å². The topological polar surface area (TPSA) is 61.8 Å². The van der Waals surface area contributed by atoms with E-state index in [1.165, 1.54) is 0 Å². The summed E-state index contributed by atoms with van der Waals surface area (Å²) in [6.45, 7) is 1.32. The molecule has 0 spiro atoms.